The van der Waals surface area contributed by atoms with E-state index in [1.54, 1.807) is 0 Å². The highest BCUT2D eigenvalue weighted by Gasteiger charge is 2.16. The highest BCUT2D eigenvalue weighted by molar-refractivity contribution is 6.09. The van der Waals surface area contributed by atoms with Gasteiger partial charge in [0, 0.05) is 33.4 Å². The Bertz CT molecular complexity index is 2880. The summed E-state index contributed by atoms with van der Waals surface area (Å²) in [4.78, 5) is 2.33. The summed E-state index contributed by atoms with van der Waals surface area (Å²) < 4.78 is 6.39. The lowest BCUT2D eigenvalue weighted by Crippen LogP contribution is -2.09. The van der Waals surface area contributed by atoms with Gasteiger partial charge in [0.05, 0.1) is 0 Å². The quantitative estimate of drug-likeness (QED) is 0.166. The van der Waals surface area contributed by atoms with Crippen LogP contribution in [0.15, 0.2) is 217 Å². The van der Waals surface area contributed by atoms with Crippen LogP contribution in [-0.4, -0.2) is 0 Å². The normalized spacial score (nSPS) is 11.3. The van der Waals surface area contributed by atoms with Crippen molar-refractivity contribution in [1.29, 1.82) is 0 Å². The molecule has 0 saturated carbocycles. The van der Waals surface area contributed by atoms with Gasteiger partial charge in [0.15, 0.2) is 0 Å². The molecular weight excluding hydrogens is 655 g/mol. The van der Waals surface area contributed by atoms with Crippen molar-refractivity contribution < 1.29 is 4.42 Å². The number of benzene rings is 9. The number of nitrogens with zero attached hydrogens (tertiary/aromatic N) is 1. The first-order valence-electron chi connectivity index (χ1n) is 18.4. The molecular formula is C52H35NO. The minimum atomic E-state index is 0.908. The second-order valence-electron chi connectivity index (χ2n) is 13.7. The van der Waals surface area contributed by atoms with Crippen molar-refractivity contribution in [3.8, 4) is 44.5 Å². The molecule has 254 valence electrons. The van der Waals surface area contributed by atoms with Crippen LogP contribution in [0.4, 0.5) is 17.1 Å². The summed E-state index contributed by atoms with van der Waals surface area (Å²) in [5.74, 6) is 0. The summed E-state index contributed by atoms with van der Waals surface area (Å²) in [6, 6.07) is 75.8. The molecule has 54 heavy (non-hydrogen) atoms. The highest BCUT2D eigenvalue weighted by atomic mass is 16.3. The van der Waals surface area contributed by atoms with Crippen LogP contribution in [0.25, 0.3) is 77.2 Å². The molecule has 2 heteroatoms. The molecule has 0 saturated heterocycles. The van der Waals surface area contributed by atoms with Gasteiger partial charge in [0.1, 0.15) is 11.2 Å². The van der Waals surface area contributed by atoms with Crippen molar-refractivity contribution in [3.63, 3.8) is 0 Å². The van der Waals surface area contributed by atoms with E-state index in [-0.39, 0.29) is 0 Å². The summed E-state index contributed by atoms with van der Waals surface area (Å²) in [6.07, 6.45) is 0. The third kappa shape index (κ3) is 5.71. The molecule has 0 atom stereocenters. The molecule has 0 unspecified atom stereocenters. The number of hydrogen-bond donors (Lipinski definition) is 0. The highest BCUT2D eigenvalue weighted by Crippen LogP contribution is 2.40. The van der Waals surface area contributed by atoms with Crippen molar-refractivity contribution in [2.45, 2.75) is 0 Å². The molecule has 1 aromatic heterocycles. The number of anilines is 3. The van der Waals surface area contributed by atoms with Crippen LogP contribution in [0.3, 0.4) is 0 Å². The maximum absolute atomic E-state index is 6.39. The SMILES string of the molecule is c1ccc(-c2ccc(N(c3ccc(-c4ccc(-c5cccc6ccccc56)cc4)cc3)c3ccc(-c4cccc5c4oc4ccccc45)cc3)cc2)cc1. The number of fused-ring (bicyclic) bond motifs is 4. The summed E-state index contributed by atoms with van der Waals surface area (Å²) >= 11 is 0. The third-order valence-corrected chi connectivity index (χ3v) is 10.5. The molecule has 10 rings (SSSR count). The van der Waals surface area contributed by atoms with Crippen LogP contribution in [-0.2, 0) is 0 Å². The molecule has 10 aromatic rings. The summed E-state index contributed by atoms with van der Waals surface area (Å²) in [7, 11) is 0. The smallest absolute Gasteiger partial charge is 0.143 e. The van der Waals surface area contributed by atoms with Crippen molar-refractivity contribution in [3.05, 3.63) is 212 Å². The van der Waals surface area contributed by atoms with E-state index in [1.807, 2.05) is 12.1 Å². The summed E-state index contributed by atoms with van der Waals surface area (Å²) in [6.45, 7) is 0. The molecule has 0 bridgehead atoms. The largest absolute Gasteiger partial charge is 0.455 e. The number of rotatable bonds is 7. The number of hydrogen-bond acceptors (Lipinski definition) is 2. The van der Waals surface area contributed by atoms with Crippen LogP contribution < -0.4 is 4.90 Å². The van der Waals surface area contributed by atoms with Gasteiger partial charge in [-0.15, -0.1) is 0 Å². The van der Waals surface area contributed by atoms with Gasteiger partial charge in [0.2, 0.25) is 0 Å². The van der Waals surface area contributed by atoms with E-state index in [1.165, 1.54) is 44.2 Å². The molecule has 1 heterocycles. The Labute approximate surface area is 314 Å². The maximum atomic E-state index is 6.39. The van der Waals surface area contributed by atoms with Crippen molar-refractivity contribution >= 4 is 49.8 Å². The molecule has 2 nitrogen and oxygen atoms in total. The Hall–Kier alpha value is -7.16. The van der Waals surface area contributed by atoms with E-state index in [9.17, 15) is 0 Å². The van der Waals surface area contributed by atoms with Crippen molar-refractivity contribution in [2.75, 3.05) is 4.90 Å². The number of furan rings is 1. The predicted molar refractivity (Wildman–Crippen MR) is 228 cm³/mol. The average Bonchev–Trinajstić information content (AvgIpc) is 3.64. The molecule has 0 radical (unpaired) electrons. The van der Waals surface area contributed by atoms with Gasteiger partial charge >= 0.3 is 0 Å². The van der Waals surface area contributed by atoms with E-state index in [0.29, 0.717) is 0 Å². The third-order valence-electron chi connectivity index (χ3n) is 10.5. The maximum Gasteiger partial charge on any atom is 0.143 e. The fraction of sp³-hybridized carbons (Fsp3) is 0. The minimum absolute atomic E-state index is 0.908. The van der Waals surface area contributed by atoms with Crippen LogP contribution in [0.2, 0.25) is 0 Å². The van der Waals surface area contributed by atoms with Crippen LogP contribution in [0.1, 0.15) is 0 Å². The Morgan fingerprint density at radius 2 is 0.704 bits per heavy atom. The lowest BCUT2D eigenvalue weighted by molar-refractivity contribution is 0.670. The zero-order valence-electron chi connectivity index (χ0n) is 29.6. The van der Waals surface area contributed by atoms with Gasteiger partial charge in [-0.2, -0.15) is 0 Å². The van der Waals surface area contributed by atoms with E-state index in [4.69, 9.17) is 4.42 Å². The second-order valence-corrected chi connectivity index (χ2v) is 13.7. The molecule has 0 fully saturated rings. The molecule has 0 amide bonds. The van der Waals surface area contributed by atoms with Gasteiger partial charge in [-0.1, -0.05) is 170 Å². The van der Waals surface area contributed by atoms with Gasteiger partial charge in [-0.3, -0.25) is 0 Å². The summed E-state index contributed by atoms with van der Waals surface area (Å²) in [5, 5.41) is 4.80. The molecule has 0 spiro atoms. The molecule has 0 aliphatic carbocycles. The van der Waals surface area contributed by atoms with Crippen molar-refractivity contribution in [1.82, 2.24) is 0 Å². The predicted octanol–water partition coefficient (Wildman–Crippen LogP) is 14.9. The lowest BCUT2D eigenvalue weighted by Gasteiger charge is -2.26. The van der Waals surface area contributed by atoms with Crippen LogP contribution in [0, 0.1) is 0 Å². The number of para-hydroxylation sites is 2. The van der Waals surface area contributed by atoms with Gasteiger partial charge in [0.25, 0.3) is 0 Å². The Balaban J connectivity index is 0.998. The first kappa shape index (κ1) is 31.6. The second kappa shape index (κ2) is 13.4. The zero-order valence-corrected chi connectivity index (χ0v) is 29.6. The van der Waals surface area contributed by atoms with E-state index in [2.05, 4.69) is 205 Å². The van der Waals surface area contributed by atoms with Crippen molar-refractivity contribution in [2.24, 2.45) is 0 Å². The molecule has 0 N–H and O–H groups in total. The van der Waals surface area contributed by atoms with Crippen LogP contribution in [0.5, 0.6) is 0 Å². The monoisotopic (exact) mass is 689 g/mol. The molecule has 0 aliphatic heterocycles. The first-order chi connectivity index (χ1) is 26.8. The zero-order chi connectivity index (χ0) is 35.8. The average molecular weight is 690 g/mol. The van der Waals surface area contributed by atoms with Gasteiger partial charge in [-0.05, 0) is 92.2 Å². The topological polar surface area (TPSA) is 16.4 Å². The van der Waals surface area contributed by atoms with Gasteiger partial charge in [-0.25, -0.2) is 0 Å². The Kier molecular flexibility index (Phi) is 7.85. The lowest BCUT2D eigenvalue weighted by atomic mass is 9.96. The standard InChI is InChI=1S/C52H35NO/c1-2-10-36(11-3-1)38-24-30-43(31-25-38)53(45-34-28-42(29-35-45)48-17-9-18-50-49-15-6-7-19-51(49)54-52(48)50)44-32-26-39(27-33-44)37-20-22-41(23-21-37)47-16-8-13-40-12-4-5-14-46(40)47/h1-35H. The fourth-order valence-electron chi connectivity index (χ4n) is 7.77. The van der Waals surface area contributed by atoms with Crippen LogP contribution >= 0.6 is 0 Å². The Morgan fingerprint density at radius 3 is 1.37 bits per heavy atom. The Morgan fingerprint density at radius 1 is 0.278 bits per heavy atom. The van der Waals surface area contributed by atoms with E-state index in [0.717, 1.165) is 50.1 Å². The van der Waals surface area contributed by atoms with E-state index >= 15 is 0 Å². The molecule has 9 aromatic carbocycles. The van der Waals surface area contributed by atoms with Gasteiger partial charge < -0.3 is 9.32 Å². The molecule has 0 aliphatic rings. The minimum Gasteiger partial charge on any atom is -0.455 e. The fourth-order valence-corrected chi connectivity index (χ4v) is 7.77. The first-order valence-corrected chi connectivity index (χ1v) is 18.4. The van der Waals surface area contributed by atoms with E-state index < -0.39 is 0 Å². The summed E-state index contributed by atoms with van der Waals surface area (Å²) in [5.41, 5.74) is 14.5.